The van der Waals surface area contributed by atoms with Crippen LogP contribution in [0.2, 0.25) is 0 Å². The largest absolute Gasteiger partial charge is 0.311 e. The molecule has 1 atom stereocenters. The molecule has 0 amide bonds. The van der Waals surface area contributed by atoms with Gasteiger partial charge in [0.1, 0.15) is 5.84 Å². The fourth-order valence-corrected chi connectivity index (χ4v) is 4.34. The summed E-state index contributed by atoms with van der Waals surface area (Å²) in [6, 6.07) is 20.5. The summed E-state index contributed by atoms with van der Waals surface area (Å²) in [5.41, 5.74) is 3.16. The lowest BCUT2D eigenvalue weighted by Gasteiger charge is -2.36. The van der Waals surface area contributed by atoms with E-state index in [1.165, 1.54) is 5.56 Å². The molecule has 1 N–H and O–H groups in total. The lowest BCUT2D eigenvalue weighted by molar-refractivity contribution is 0.127. The Morgan fingerprint density at radius 1 is 1.07 bits per heavy atom. The highest BCUT2D eigenvalue weighted by molar-refractivity contribution is 7.98. The fraction of sp³-hybridized carbons (Fsp3) is 0.333. The molecule has 6 heteroatoms. The summed E-state index contributed by atoms with van der Waals surface area (Å²) in [6.07, 6.45) is 1.11. The highest BCUT2D eigenvalue weighted by Crippen LogP contribution is 2.23. The quantitative estimate of drug-likeness (QED) is 0.812. The second-order valence-corrected chi connectivity index (χ2v) is 7.69. The first kappa shape index (κ1) is 18.1. The maximum absolute atomic E-state index is 9.07. The fourth-order valence-electron chi connectivity index (χ4n) is 3.44. The molecule has 2 aliphatic heterocycles. The summed E-state index contributed by atoms with van der Waals surface area (Å²) in [4.78, 5) is 9.81. The molecule has 0 bridgehead atoms. The Bertz CT molecular complexity index is 837. The Morgan fingerprint density at radius 3 is 2.67 bits per heavy atom. The van der Waals surface area contributed by atoms with Crippen molar-refractivity contribution in [1.82, 2.24) is 14.5 Å². The minimum absolute atomic E-state index is 0.113. The molecule has 0 spiro atoms. The molecule has 0 aliphatic carbocycles. The molecule has 0 saturated carbocycles. The highest BCUT2D eigenvalue weighted by Gasteiger charge is 2.28. The molecule has 2 aromatic carbocycles. The molecule has 4 rings (SSSR count). The first-order valence-electron chi connectivity index (χ1n) is 9.32. The minimum Gasteiger partial charge on any atom is -0.311 e. The van der Waals surface area contributed by atoms with Crippen molar-refractivity contribution >= 4 is 17.8 Å². The standard InChI is InChI=1S/C21H23N5S/c22-16-18-7-4-8-19(15-18)20-23-21(27-24-20)26-13-11-25(12-14-26)10-9-17-5-2-1-3-6-17/h1-8,15,21H,9-14H2,(H,23,24). The summed E-state index contributed by atoms with van der Waals surface area (Å²) in [7, 11) is 0. The maximum Gasteiger partial charge on any atom is 0.170 e. The van der Waals surface area contributed by atoms with Crippen LogP contribution in [0, 0.1) is 11.3 Å². The van der Waals surface area contributed by atoms with Crippen LogP contribution in [0.15, 0.2) is 59.6 Å². The number of aliphatic imine (C=N–C) groups is 1. The van der Waals surface area contributed by atoms with Crippen molar-refractivity contribution in [3.8, 4) is 6.07 Å². The minimum atomic E-state index is 0.113. The average molecular weight is 378 g/mol. The molecular weight excluding hydrogens is 354 g/mol. The normalized spacial score (nSPS) is 20.7. The zero-order chi connectivity index (χ0) is 18.5. The van der Waals surface area contributed by atoms with Crippen LogP contribution in [-0.4, -0.2) is 53.9 Å². The highest BCUT2D eigenvalue weighted by atomic mass is 32.2. The third kappa shape index (κ3) is 4.51. The summed E-state index contributed by atoms with van der Waals surface area (Å²) >= 11 is 1.65. The van der Waals surface area contributed by atoms with E-state index in [9.17, 15) is 0 Å². The van der Waals surface area contributed by atoms with Gasteiger partial charge in [-0.25, -0.2) is 4.99 Å². The van der Waals surface area contributed by atoms with Gasteiger partial charge in [0.2, 0.25) is 0 Å². The van der Waals surface area contributed by atoms with Gasteiger partial charge in [-0.15, -0.1) is 0 Å². The van der Waals surface area contributed by atoms with Crippen LogP contribution in [0.25, 0.3) is 0 Å². The van der Waals surface area contributed by atoms with Crippen molar-refractivity contribution in [2.24, 2.45) is 4.99 Å². The Morgan fingerprint density at radius 2 is 1.89 bits per heavy atom. The van der Waals surface area contributed by atoms with Gasteiger partial charge in [-0.3, -0.25) is 4.90 Å². The van der Waals surface area contributed by atoms with Crippen LogP contribution in [0.5, 0.6) is 0 Å². The Hall–Kier alpha value is -2.33. The van der Waals surface area contributed by atoms with Crippen LogP contribution in [0.4, 0.5) is 0 Å². The van der Waals surface area contributed by atoms with Gasteiger partial charge in [-0.1, -0.05) is 42.5 Å². The van der Waals surface area contributed by atoms with E-state index in [-0.39, 0.29) is 5.50 Å². The summed E-state index contributed by atoms with van der Waals surface area (Å²) < 4.78 is 3.33. The van der Waals surface area contributed by atoms with Crippen molar-refractivity contribution < 1.29 is 0 Å². The third-order valence-electron chi connectivity index (χ3n) is 5.04. The van der Waals surface area contributed by atoms with Gasteiger partial charge in [-0.05, 0) is 36.1 Å². The molecule has 2 aliphatic rings. The molecular formula is C21H23N5S. The molecule has 27 heavy (non-hydrogen) atoms. The van der Waals surface area contributed by atoms with Gasteiger partial charge in [0.15, 0.2) is 5.50 Å². The zero-order valence-corrected chi connectivity index (χ0v) is 16.0. The molecule has 0 aromatic heterocycles. The van der Waals surface area contributed by atoms with Crippen LogP contribution in [0.3, 0.4) is 0 Å². The van der Waals surface area contributed by atoms with E-state index in [1.54, 1.807) is 11.9 Å². The summed E-state index contributed by atoms with van der Waals surface area (Å²) in [6.45, 7) is 5.34. The van der Waals surface area contributed by atoms with Crippen LogP contribution < -0.4 is 4.72 Å². The van der Waals surface area contributed by atoms with E-state index in [4.69, 9.17) is 10.3 Å². The van der Waals surface area contributed by atoms with E-state index >= 15 is 0 Å². The number of nitriles is 1. The van der Waals surface area contributed by atoms with E-state index in [0.717, 1.165) is 50.5 Å². The number of hydrogen-bond donors (Lipinski definition) is 1. The second kappa shape index (κ2) is 8.57. The predicted molar refractivity (Wildman–Crippen MR) is 110 cm³/mol. The van der Waals surface area contributed by atoms with Crippen molar-refractivity contribution in [1.29, 1.82) is 5.26 Å². The van der Waals surface area contributed by atoms with Crippen LogP contribution in [-0.2, 0) is 6.42 Å². The second-order valence-electron chi connectivity index (χ2n) is 6.83. The van der Waals surface area contributed by atoms with Gasteiger partial charge >= 0.3 is 0 Å². The van der Waals surface area contributed by atoms with Gasteiger partial charge < -0.3 is 9.62 Å². The molecule has 2 heterocycles. The van der Waals surface area contributed by atoms with Gasteiger partial charge in [-0.2, -0.15) is 5.26 Å². The average Bonchev–Trinajstić information content (AvgIpc) is 3.24. The number of benzene rings is 2. The monoisotopic (exact) mass is 377 g/mol. The predicted octanol–water partition coefficient (Wildman–Crippen LogP) is 2.70. The molecule has 5 nitrogen and oxygen atoms in total. The van der Waals surface area contributed by atoms with Gasteiger partial charge in [0.25, 0.3) is 0 Å². The maximum atomic E-state index is 9.07. The van der Waals surface area contributed by atoms with Crippen molar-refractivity contribution in [2.75, 3.05) is 32.7 Å². The number of hydrogen-bond acceptors (Lipinski definition) is 6. The lowest BCUT2D eigenvalue weighted by Crippen LogP contribution is -2.49. The van der Waals surface area contributed by atoms with Gasteiger partial charge in [0.05, 0.1) is 11.6 Å². The van der Waals surface area contributed by atoms with Crippen molar-refractivity contribution in [2.45, 2.75) is 11.9 Å². The third-order valence-corrected chi connectivity index (χ3v) is 5.97. The SMILES string of the molecule is N#Cc1cccc(C2=NC(N3CCN(CCc4ccccc4)CC3)SN2)c1. The molecule has 1 saturated heterocycles. The smallest absolute Gasteiger partial charge is 0.170 e. The zero-order valence-electron chi connectivity index (χ0n) is 15.2. The number of amidine groups is 1. The Balaban J connectivity index is 1.30. The molecule has 2 aromatic rings. The van der Waals surface area contributed by atoms with E-state index in [1.807, 2.05) is 24.3 Å². The molecule has 0 radical (unpaired) electrons. The number of piperazine rings is 1. The van der Waals surface area contributed by atoms with E-state index in [2.05, 4.69) is 50.9 Å². The molecule has 138 valence electrons. The van der Waals surface area contributed by atoms with E-state index < -0.39 is 0 Å². The number of rotatable bonds is 5. The van der Waals surface area contributed by atoms with Crippen molar-refractivity contribution in [3.05, 3.63) is 71.3 Å². The van der Waals surface area contributed by atoms with Crippen molar-refractivity contribution in [3.63, 3.8) is 0 Å². The topological polar surface area (TPSA) is 54.7 Å². The first-order valence-corrected chi connectivity index (χ1v) is 10.2. The van der Waals surface area contributed by atoms with Gasteiger partial charge in [0, 0.05) is 38.3 Å². The van der Waals surface area contributed by atoms with Crippen LogP contribution >= 0.6 is 11.9 Å². The summed E-state index contributed by atoms with van der Waals surface area (Å²) in [5.74, 6) is 0.869. The molecule has 1 unspecified atom stereocenters. The van der Waals surface area contributed by atoms with Crippen LogP contribution in [0.1, 0.15) is 16.7 Å². The Labute approximate surface area is 164 Å². The molecule has 1 fully saturated rings. The summed E-state index contributed by atoms with van der Waals surface area (Å²) in [5, 5.41) is 9.07. The lowest BCUT2D eigenvalue weighted by atomic mass is 10.1. The number of nitrogens with one attached hydrogen (secondary N) is 1. The van der Waals surface area contributed by atoms with E-state index in [0.29, 0.717) is 5.56 Å². The Kier molecular flexibility index (Phi) is 5.73. The number of nitrogens with zero attached hydrogens (tertiary/aromatic N) is 4. The first-order chi connectivity index (χ1) is 13.3.